The zero-order valence-electron chi connectivity index (χ0n) is 13.3. The van der Waals surface area contributed by atoms with Gasteiger partial charge in [0.15, 0.2) is 0 Å². The molecule has 0 radical (unpaired) electrons. The molecule has 0 bridgehead atoms. The van der Waals surface area contributed by atoms with E-state index in [1.807, 2.05) is 11.9 Å². The highest BCUT2D eigenvalue weighted by Crippen LogP contribution is 2.32. The molecule has 2 N–H and O–H groups in total. The Morgan fingerprint density at radius 2 is 1.95 bits per heavy atom. The zero-order chi connectivity index (χ0) is 13.8. The van der Waals surface area contributed by atoms with Crippen molar-refractivity contribution in [3.8, 4) is 0 Å². The SMILES string of the molecule is CCN1CCCC1CN(C)C(=O)[C@@H]1CCC[C@@H]1CN.Cl.Cl. The van der Waals surface area contributed by atoms with E-state index in [2.05, 4.69) is 11.8 Å². The summed E-state index contributed by atoms with van der Waals surface area (Å²) >= 11 is 0. The van der Waals surface area contributed by atoms with Crippen LogP contribution < -0.4 is 5.73 Å². The lowest BCUT2D eigenvalue weighted by atomic mass is 9.94. The van der Waals surface area contributed by atoms with Gasteiger partial charge in [-0.1, -0.05) is 13.3 Å². The summed E-state index contributed by atoms with van der Waals surface area (Å²) in [5, 5.41) is 0. The fourth-order valence-corrected chi connectivity index (χ4v) is 3.85. The summed E-state index contributed by atoms with van der Waals surface area (Å²) in [6.45, 7) is 6.05. The Balaban J connectivity index is 0.00000200. The van der Waals surface area contributed by atoms with Crippen molar-refractivity contribution in [3.63, 3.8) is 0 Å². The van der Waals surface area contributed by atoms with Crippen LogP contribution in [0.2, 0.25) is 0 Å². The van der Waals surface area contributed by atoms with Crippen LogP contribution >= 0.6 is 24.8 Å². The largest absolute Gasteiger partial charge is 0.344 e. The van der Waals surface area contributed by atoms with Crippen LogP contribution in [0.25, 0.3) is 0 Å². The van der Waals surface area contributed by atoms with E-state index in [9.17, 15) is 4.79 Å². The third-order valence-electron chi connectivity index (χ3n) is 5.05. The van der Waals surface area contributed by atoms with Crippen molar-refractivity contribution in [1.82, 2.24) is 9.80 Å². The predicted molar refractivity (Wildman–Crippen MR) is 92.3 cm³/mol. The number of hydrogen-bond donors (Lipinski definition) is 1. The van der Waals surface area contributed by atoms with Gasteiger partial charge in [0.25, 0.3) is 0 Å². The number of nitrogens with zero attached hydrogens (tertiary/aromatic N) is 2. The second-order valence-electron chi connectivity index (χ2n) is 6.18. The molecular formula is C15H31Cl2N3O. The molecule has 1 amide bonds. The topological polar surface area (TPSA) is 49.6 Å². The molecule has 21 heavy (non-hydrogen) atoms. The van der Waals surface area contributed by atoms with Crippen molar-refractivity contribution in [2.24, 2.45) is 17.6 Å². The van der Waals surface area contributed by atoms with E-state index >= 15 is 0 Å². The lowest BCUT2D eigenvalue weighted by Gasteiger charge is -2.30. The van der Waals surface area contributed by atoms with Crippen molar-refractivity contribution in [3.05, 3.63) is 0 Å². The molecule has 1 heterocycles. The second-order valence-corrected chi connectivity index (χ2v) is 6.18. The molecule has 3 atom stereocenters. The van der Waals surface area contributed by atoms with Gasteiger partial charge in [-0.2, -0.15) is 0 Å². The summed E-state index contributed by atoms with van der Waals surface area (Å²) in [5.74, 6) is 0.934. The van der Waals surface area contributed by atoms with Gasteiger partial charge in [-0.05, 0) is 51.2 Å². The first-order chi connectivity index (χ1) is 9.17. The third-order valence-corrected chi connectivity index (χ3v) is 5.05. The van der Waals surface area contributed by atoms with E-state index in [1.54, 1.807) is 0 Å². The van der Waals surface area contributed by atoms with E-state index in [0.29, 0.717) is 24.4 Å². The molecule has 1 saturated carbocycles. The summed E-state index contributed by atoms with van der Waals surface area (Å²) in [4.78, 5) is 17.0. The first kappa shape index (κ1) is 21.0. The van der Waals surface area contributed by atoms with E-state index in [0.717, 1.165) is 32.4 Å². The first-order valence-corrected chi connectivity index (χ1v) is 7.86. The lowest BCUT2D eigenvalue weighted by molar-refractivity contribution is -0.135. The monoisotopic (exact) mass is 339 g/mol. The molecule has 4 nitrogen and oxygen atoms in total. The van der Waals surface area contributed by atoms with Gasteiger partial charge >= 0.3 is 0 Å². The summed E-state index contributed by atoms with van der Waals surface area (Å²) in [6, 6.07) is 0.566. The summed E-state index contributed by atoms with van der Waals surface area (Å²) < 4.78 is 0. The number of hydrogen-bond acceptors (Lipinski definition) is 3. The van der Waals surface area contributed by atoms with Crippen LogP contribution in [0.1, 0.15) is 39.0 Å². The number of rotatable bonds is 5. The summed E-state index contributed by atoms with van der Waals surface area (Å²) in [6.07, 6.45) is 5.83. The van der Waals surface area contributed by atoms with Crippen LogP contribution in [-0.4, -0.2) is 55.0 Å². The number of likely N-dealkylation sites (N-methyl/N-ethyl adjacent to an activating group) is 2. The fraction of sp³-hybridized carbons (Fsp3) is 0.933. The highest BCUT2D eigenvalue weighted by atomic mass is 35.5. The predicted octanol–water partition coefficient (Wildman–Crippen LogP) is 2.15. The summed E-state index contributed by atoms with van der Waals surface area (Å²) in [5.41, 5.74) is 5.79. The number of carbonyl (C=O) groups excluding carboxylic acids is 1. The Bertz CT molecular complexity index is 317. The second kappa shape index (κ2) is 9.88. The minimum atomic E-state index is 0. The van der Waals surface area contributed by atoms with E-state index < -0.39 is 0 Å². The Labute approximate surface area is 141 Å². The molecule has 2 fully saturated rings. The van der Waals surface area contributed by atoms with E-state index in [1.165, 1.54) is 19.4 Å². The zero-order valence-corrected chi connectivity index (χ0v) is 14.9. The Kier molecular flexibility index (Phi) is 9.87. The average molecular weight is 340 g/mol. The summed E-state index contributed by atoms with van der Waals surface area (Å²) in [7, 11) is 1.97. The number of halogens is 2. The molecule has 0 spiro atoms. The maximum Gasteiger partial charge on any atom is 0.225 e. The van der Waals surface area contributed by atoms with Crippen molar-refractivity contribution in [2.75, 3.05) is 33.2 Å². The molecule has 2 rings (SSSR count). The van der Waals surface area contributed by atoms with E-state index in [4.69, 9.17) is 5.73 Å². The highest BCUT2D eigenvalue weighted by molar-refractivity contribution is 5.85. The quantitative estimate of drug-likeness (QED) is 0.834. The third kappa shape index (κ3) is 4.98. The minimum absolute atomic E-state index is 0. The maximum atomic E-state index is 12.5. The molecule has 0 aromatic rings. The van der Waals surface area contributed by atoms with Crippen molar-refractivity contribution >= 4 is 30.7 Å². The van der Waals surface area contributed by atoms with Crippen LogP contribution in [-0.2, 0) is 4.79 Å². The molecule has 1 unspecified atom stereocenters. The lowest BCUT2D eigenvalue weighted by Crippen LogP contribution is -2.44. The number of amides is 1. The molecule has 0 aromatic heterocycles. The molecule has 1 aliphatic carbocycles. The van der Waals surface area contributed by atoms with Gasteiger partial charge in [0.2, 0.25) is 5.91 Å². The molecule has 6 heteroatoms. The van der Waals surface area contributed by atoms with Crippen LogP contribution in [0.4, 0.5) is 0 Å². The fourth-order valence-electron chi connectivity index (χ4n) is 3.85. The van der Waals surface area contributed by atoms with E-state index in [-0.39, 0.29) is 30.7 Å². The maximum absolute atomic E-state index is 12.5. The van der Waals surface area contributed by atoms with Gasteiger partial charge in [0, 0.05) is 25.6 Å². The van der Waals surface area contributed by atoms with Crippen LogP contribution in [0, 0.1) is 11.8 Å². The van der Waals surface area contributed by atoms with Crippen LogP contribution in [0.3, 0.4) is 0 Å². The Hall–Kier alpha value is -0.0300. The van der Waals surface area contributed by atoms with Gasteiger partial charge in [-0.25, -0.2) is 0 Å². The van der Waals surface area contributed by atoms with Gasteiger partial charge in [0.1, 0.15) is 0 Å². The average Bonchev–Trinajstić information content (AvgIpc) is 3.05. The van der Waals surface area contributed by atoms with Crippen molar-refractivity contribution in [2.45, 2.75) is 45.1 Å². The van der Waals surface area contributed by atoms with Crippen LogP contribution in [0.5, 0.6) is 0 Å². The van der Waals surface area contributed by atoms with Crippen LogP contribution in [0.15, 0.2) is 0 Å². The molecule has 1 aliphatic heterocycles. The molecule has 0 aromatic carbocycles. The molecular weight excluding hydrogens is 309 g/mol. The smallest absolute Gasteiger partial charge is 0.225 e. The molecule has 2 aliphatic rings. The Morgan fingerprint density at radius 1 is 1.24 bits per heavy atom. The number of likely N-dealkylation sites (tertiary alicyclic amines) is 1. The van der Waals surface area contributed by atoms with Gasteiger partial charge in [0.05, 0.1) is 0 Å². The standard InChI is InChI=1S/C15H29N3O.2ClH/c1-3-18-9-5-7-13(18)11-17(2)15(19)14-8-4-6-12(14)10-16;;/h12-14H,3-11,16H2,1-2H3;2*1H/t12-,13?,14-;;/m1../s1. The molecule has 1 saturated heterocycles. The van der Waals surface area contributed by atoms with Gasteiger partial charge in [-0.3, -0.25) is 9.69 Å². The molecule has 126 valence electrons. The van der Waals surface area contributed by atoms with Gasteiger partial charge in [-0.15, -0.1) is 24.8 Å². The number of nitrogens with two attached hydrogens (primary N) is 1. The minimum Gasteiger partial charge on any atom is -0.344 e. The number of carbonyl (C=O) groups is 1. The van der Waals surface area contributed by atoms with Gasteiger partial charge < -0.3 is 10.6 Å². The Morgan fingerprint density at radius 3 is 2.57 bits per heavy atom. The normalized spacial score (nSPS) is 28.8. The first-order valence-electron chi connectivity index (χ1n) is 7.86. The highest BCUT2D eigenvalue weighted by Gasteiger charge is 2.35. The van der Waals surface area contributed by atoms with Crippen molar-refractivity contribution in [1.29, 1.82) is 0 Å². The van der Waals surface area contributed by atoms with Crippen molar-refractivity contribution < 1.29 is 4.79 Å².